The van der Waals surface area contributed by atoms with E-state index in [0.717, 1.165) is 11.1 Å². The van der Waals surface area contributed by atoms with Gasteiger partial charge in [-0.1, -0.05) is 42.5 Å². The fourth-order valence-electron chi connectivity index (χ4n) is 3.68. The van der Waals surface area contributed by atoms with E-state index in [1.807, 2.05) is 42.5 Å². The average molecular weight is 566 g/mol. The largest absolute Gasteiger partial charge is 0.457 e. The Kier molecular flexibility index (Phi) is 9.64. The molecule has 0 bridgehead atoms. The average Bonchev–Trinajstić information content (AvgIpc) is 2.95. The molecule has 4 aromatic carbocycles. The van der Waals surface area contributed by atoms with Crippen LogP contribution in [0.25, 0.3) is 0 Å². The quantitative estimate of drug-likeness (QED) is 0.212. The Hall–Kier alpha value is -5.49. The van der Waals surface area contributed by atoms with E-state index in [9.17, 15) is 9.59 Å². The van der Waals surface area contributed by atoms with E-state index < -0.39 is 17.8 Å². The van der Waals surface area contributed by atoms with E-state index in [1.165, 1.54) is 0 Å². The van der Waals surface area contributed by atoms with Crippen molar-refractivity contribution in [2.24, 2.45) is 0 Å². The minimum atomic E-state index is -0.671. The number of nitrogens with one attached hydrogen (secondary N) is 2. The minimum Gasteiger partial charge on any atom is -0.457 e. The van der Waals surface area contributed by atoms with Crippen LogP contribution in [0.15, 0.2) is 97.1 Å². The smallest absolute Gasteiger partial charge is 0.412 e. The summed E-state index contributed by atoms with van der Waals surface area (Å²) in [5.41, 5.74) is 2.00. The van der Waals surface area contributed by atoms with E-state index >= 15 is 0 Å². The van der Waals surface area contributed by atoms with Crippen LogP contribution in [-0.4, -0.2) is 17.8 Å². The summed E-state index contributed by atoms with van der Waals surface area (Å²) in [6.07, 6.45) is -1.13. The minimum absolute atomic E-state index is 0.193. The van der Waals surface area contributed by atoms with Gasteiger partial charge in [0.25, 0.3) is 0 Å². The zero-order valence-corrected chi connectivity index (χ0v) is 23.5. The first-order chi connectivity index (χ1) is 20.1. The lowest BCUT2D eigenvalue weighted by Crippen LogP contribution is -2.27. The van der Waals surface area contributed by atoms with Gasteiger partial charge in [-0.3, -0.25) is 5.32 Å². The first kappa shape index (κ1) is 29.5. The monoisotopic (exact) mass is 565 g/mol. The van der Waals surface area contributed by atoms with E-state index in [1.54, 1.807) is 75.4 Å². The Morgan fingerprint density at radius 3 is 1.90 bits per heavy atom. The SMILES string of the molecule is CC(C)(C)OC(=O)Nc1cc(Oc2ccc(C#N)cc2)cc(Oc2ccc(CNC(=O)OCc3ccccc3)cc2)c1. The van der Waals surface area contributed by atoms with E-state index in [2.05, 4.69) is 16.7 Å². The van der Waals surface area contributed by atoms with Crippen molar-refractivity contribution in [3.05, 3.63) is 114 Å². The van der Waals surface area contributed by atoms with Crippen molar-refractivity contribution in [2.45, 2.75) is 39.5 Å². The number of ether oxygens (including phenoxy) is 4. The van der Waals surface area contributed by atoms with Crippen molar-refractivity contribution in [2.75, 3.05) is 5.32 Å². The highest BCUT2D eigenvalue weighted by Crippen LogP contribution is 2.33. The number of amides is 2. The van der Waals surface area contributed by atoms with Crippen LogP contribution in [0.4, 0.5) is 15.3 Å². The van der Waals surface area contributed by atoms with Crippen LogP contribution >= 0.6 is 0 Å². The number of anilines is 1. The maximum Gasteiger partial charge on any atom is 0.412 e. The molecule has 0 fully saturated rings. The van der Waals surface area contributed by atoms with Gasteiger partial charge in [0.05, 0.1) is 17.3 Å². The van der Waals surface area contributed by atoms with Crippen molar-refractivity contribution in [1.29, 1.82) is 5.26 Å². The van der Waals surface area contributed by atoms with Gasteiger partial charge in [0.1, 0.15) is 35.2 Å². The van der Waals surface area contributed by atoms with E-state index in [0.29, 0.717) is 34.2 Å². The summed E-state index contributed by atoms with van der Waals surface area (Å²) in [7, 11) is 0. The summed E-state index contributed by atoms with van der Waals surface area (Å²) in [5.74, 6) is 1.85. The first-order valence-electron chi connectivity index (χ1n) is 13.2. The summed E-state index contributed by atoms with van der Waals surface area (Å²) in [4.78, 5) is 24.5. The fourth-order valence-corrected chi connectivity index (χ4v) is 3.68. The second kappa shape index (κ2) is 13.7. The number of carbonyl (C=O) groups excluding carboxylic acids is 2. The molecule has 0 aliphatic carbocycles. The highest BCUT2D eigenvalue weighted by atomic mass is 16.6. The molecule has 9 nitrogen and oxygen atoms in total. The Bertz CT molecular complexity index is 1540. The number of nitrogens with zero attached hydrogens (tertiary/aromatic N) is 1. The molecule has 0 atom stereocenters. The standard InChI is InChI=1S/C33H31N3O6/c1-33(2,3)42-32(38)36-26-17-29(40-27-13-9-23(20-34)10-14-27)19-30(18-26)41-28-15-11-24(12-16-28)21-35-31(37)39-22-25-7-5-4-6-8-25/h4-19H,21-22H2,1-3H3,(H,35,37)(H,36,38). The van der Waals surface area contributed by atoms with Crippen LogP contribution in [0, 0.1) is 11.3 Å². The number of benzene rings is 4. The highest BCUT2D eigenvalue weighted by Gasteiger charge is 2.17. The molecule has 0 aromatic heterocycles. The molecule has 9 heteroatoms. The third-order valence-corrected chi connectivity index (χ3v) is 5.55. The van der Waals surface area contributed by atoms with Gasteiger partial charge >= 0.3 is 12.2 Å². The van der Waals surface area contributed by atoms with Gasteiger partial charge in [0.2, 0.25) is 0 Å². The van der Waals surface area contributed by atoms with Crippen molar-refractivity contribution in [3.63, 3.8) is 0 Å². The fraction of sp³-hybridized carbons (Fsp3) is 0.182. The van der Waals surface area contributed by atoms with Crippen molar-refractivity contribution < 1.29 is 28.5 Å². The molecule has 0 spiro atoms. The maximum atomic E-state index is 12.4. The summed E-state index contributed by atoms with van der Waals surface area (Å²) >= 11 is 0. The third kappa shape index (κ3) is 9.61. The summed E-state index contributed by atoms with van der Waals surface area (Å²) in [6.45, 7) is 5.80. The van der Waals surface area contributed by atoms with Gasteiger partial charge in [-0.15, -0.1) is 0 Å². The molecular weight excluding hydrogens is 534 g/mol. The number of rotatable bonds is 9. The number of nitriles is 1. The number of alkyl carbamates (subject to hydrolysis) is 1. The van der Waals surface area contributed by atoms with Crippen LogP contribution in [0.2, 0.25) is 0 Å². The molecule has 0 heterocycles. The molecular formula is C33H31N3O6. The van der Waals surface area contributed by atoms with Gasteiger partial charge in [-0.05, 0) is 68.3 Å². The van der Waals surface area contributed by atoms with Crippen molar-refractivity contribution in [3.8, 4) is 29.1 Å². The number of hydrogen-bond acceptors (Lipinski definition) is 7. The zero-order chi connectivity index (χ0) is 30.0. The Morgan fingerprint density at radius 2 is 1.33 bits per heavy atom. The summed E-state index contributed by atoms with van der Waals surface area (Å²) in [6, 6.07) is 30.3. The predicted octanol–water partition coefficient (Wildman–Crippen LogP) is 7.92. The third-order valence-electron chi connectivity index (χ3n) is 5.55. The topological polar surface area (TPSA) is 119 Å². The van der Waals surface area contributed by atoms with Crippen molar-refractivity contribution in [1.82, 2.24) is 5.32 Å². The molecule has 0 unspecified atom stereocenters. The summed E-state index contributed by atoms with van der Waals surface area (Å²) in [5, 5.41) is 14.5. The molecule has 2 N–H and O–H groups in total. The lowest BCUT2D eigenvalue weighted by atomic mass is 10.2. The number of carbonyl (C=O) groups is 2. The molecule has 0 aliphatic heterocycles. The van der Waals surface area contributed by atoms with Gasteiger partial charge in [-0.2, -0.15) is 5.26 Å². The van der Waals surface area contributed by atoms with Crippen LogP contribution in [0.5, 0.6) is 23.0 Å². The Morgan fingerprint density at radius 1 is 0.738 bits per heavy atom. The molecule has 4 rings (SSSR count). The molecule has 4 aromatic rings. The molecule has 2 amide bonds. The maximum absolute atomic E-state index is 12.4. The molecule has 0 saturated carbocycles. The normalized spacial score (nSPS) is 10.6. The van der Waals surface area contributed by atoms with Gasteiger partial charge < -0.3 is 24.3 Å². The molecule has 0 radical (unpaired) electrons. The van der Waals surface area contributed by atoms with E-state index in [-0.39, 0.29) is 13.2 Å². The predicted molar refractivity (Wildman–Crippen MR) is 158 cm³/mol. The lowest BCUT2D eigenvalue weighted by molar-refractivity contribution is 0.0636. The number of hydrogen-bond donors (Lipinski definition) is 2. The van der Waals surface area contributed by atoms with Gasteiger partial charge in [0, 0.05) is 24.7 Å². The Labute approximate surface area is 244 Å². The van der Waals surface area contributed by atoms with Crippen molar-refractivity contribution >= 4 is 17.9 Å². The van der Waals surface area contributed by atoms with Gasteiger partial charge in [-0.25, -0.2) is 9.59 Å². The van der Waals surface area contributed by atoms with E-state index in [4.69, 9.17) is 24.2 Å². The second-order valence-corrected chi connectivity index (χ2v) is 10.2. The van der Waals surface area contributed by atoms with Crippen LogP contribution in [0.1, 0.15) is 37.5 Å². The molecule has 42 heavy (non-hydrogen) atoms. The highest BCUT2D eigenvalue weighted by molar-refractivity contribution is 5.85. The first-order valence-corrected chi connectivity index (χ1v) is 13.2. The van der Waals surface area contributed by atoms with Crippen LogP contribution in [0.3, 0.4) is 0 Å². The molecule has 0 saturated heterocycles. The zero-order valence-electron chi connectivity index (χ0n) is 23.5. The Balaban J connectivity index is 1.41. The lowest BCUT2D eigenvalue weighted by Gasteiger charge is -2.20. The van der Waals surface area contributed by atoms with Crippen LogP contribution < -0.4 is 20.1 Å². The molecule has 214 valence electrons. The summed E-state index contributed by atoms with van der Waals surface area (Å²) < 4.78 is 22.6. The second-order valence-electron chi connectivity index (χ2n) is 10.2. The van der Waals surface area contributed by atoms with Crippen LogP contribution in [-0.2, 0) is 22.6 Å². The molecule has 0 aliphatic rings. The van der Waals surface area contributed by atoms with Gasteiger partial charge in [0.15, 0.2) is 0 Å².